The van der Waals surface area contributed by atoms with E-state index in [-0.39, 0.29) is 12.2 Å². The van der Waals surface area contributed by atoms with Crippen molar-refractivity contribution < 1.29 is 9.47 Å². The predicted molar refractivity (Wildman–Crippen MR) is 94.4 cm³/mol. The Kier molecular flexibility index (Phi) is 4.33. The van der Waals surface area contributed by atoms with Gasteiger partial charge in [0.05, 0.1) is 29.4 Å². The molecule has 1 aliphatic heterocycles. The summed E-state index contributed by atoms with van der Waals surface area (Å²) in [6.45, 7) is 4.37. The molecule has 25 heavy (non-hydrogen) atoms. The van der Waals surface area contributed by atoms with Crippen LogP contribution in [0.3, 0.4) is 0 Å². The van der Waals surface area contributed by atoms with Crippen molar-refractivity contribution >= 4 is 10.9 Å². The monoisotopic (exact) mass is 339 g/mol. The molecule has 1 aliphatic rings. The van der Waals surface area contributed by atoms with Gasteiger partial charge in [-0.05, 0) is 25.1 Å². The van der Waals surface area contributed by atoms with E-state index >= 15 is 0 Å². The van der Waals surface area contributed by atoms with Crippen molar-refractivity contribution in [1.29, 1.82) is 0 Å². The van der Waals surface area contributed by atoms with E-state index in [0.717, 1.165) is 35.2 Å². The maximum absolute atomic E-state index is 6.19. The Morgan fingerprint density at radius 3 is 3.12 bits per heavy atom. The topological polar surface area (TPSA) is 74.1 Å². The van der Waals surface area contributed by atoms with E-state index in [1.54, 1.807) is 17.1 Å². The van der Waals surface area contributed by atoms with Crippen LogP contribution in [0.4, 0.5) is 0 Å². The summed E-state index contributed by atoms with van der Waals surface area (Å²) < 4.78 is 13.7. The van der Waals surface area contributed by atoms with E-state index in [4.69, 9.17) is 14.5 Å². The molecule has 0 aromatic carbocycles. The summed E-state index contributed by atoms with van der Waals surface area (Å²) in [5.74, 6) is 0.575. The van der Waals surface area contributed by atoms with Crippen LogP contribution in [0.25, 0.3) is 22.2 Å². The number of morpholine rings is 1. The minimum absolute atomic E-state index is 0.00400. The van der Waals surface area contributed by atoms with E-state index < -0.39 is 0 Å². The van der Waals surface area contributed by atoms with Gasteiger partial charge in [0.25, 0.3) is 0 Å². The molecule has 2 atom stereocenters. The highest BCUT2D eigenvalue weighted by molar-refractivity contribution is 5.86. The van der Waals surface area contributed by atoms with Crippen molar-refractivity contribution in [3.05, 3.63) is 36.8 Å². The second-order valence-electron chi connectivity index (χ2n) is 6.22. The Morgan fingerprint density at radius 1 is 1.44 bits per heavy atom. The lowest BCUT2D eigenvalue weighted by molar-refractivity contribution is -0.0357. The molecule has 0 radical (unpaired) electrons. The van der Waals surface area contributed by atoms with Crippen LogP contribution < -0.4 is 10.1 Å². The van der Waals surface area contributed by atoms with E-state index in [2.05, 4.69) is 15.4 Å². The fourth-order valence-electron chi connectivity index (χ4n) is 2.98. The van der Waals surface area contributed by atoms with Crippen LogP contribution in [0.1, 0.15) is 6.92 Å². The van der Waals surface area contributed by atoms with E-state index in [0.29, 0.717) is 12.5 Å². The van der Waals surface area contributed by atoms with Gasteiger partial charge in [-0.25, -0.2) is 4.98 Å². The Bertz CT molecular complexity index is 873. The van der Waals surface area contributed by atoms with Gasteiger partial charge in [-0.15, -0.1) is 0 Å². The van der Waals surface area contributed by atoms with Gasteiger partial charge in [-0.1, -0.05) is 0 Å². The fraction of sp³-hybridized carbons (Fsp3) is 0.389. The molecule has 1 saturated heterocycles. The molecule has 0 spiro atoms. The Hall–Kier alpha value is -2.51. The van der Waals surface area contributed by atoms with Crippen molar-refractivity contribution in [1.82, 2.24) is 25.1 Å². The first-order chi connectivity index (χ1) is 12.2. The van der Waals surface area contributed by atoms with Crippen LogP contribution in [0.2, 0.25) is 0 Å². The SMILES string of the molecule is C[C@H](Oc1nc(-c2cnn(C)c2)cc2ncccc12)[C@@H]1CNCCO1. The van der Waals surface area contributed by atoms with Crippen LogP contribution in [0.15, 0.2) is 36.8 Å². The van der Waals surface area contributed by atoms with Crippen molar-refractivity contribution in [2.45, 2.75) is 19.1 Å². The lowest BCUT2D eigenvalue weighted by Gasteiger charge is -2.29. The summed E-state index contributed by atoms with van der Waals surface area (Å²) in [4.78, 5) is 9.19. The molecule has 3 aromatic rings. The maximum Gasteiger partial charge on any atom is 0.223 e. The summed E-state index contributed by atoms with van der Waals surface area (Å²) >= 11 is 0. The normalized spacial score (nSPS) is 19.0. The van der Waals surface area contributed by atoms with Crippen LogP contribution >= 0.6 is 0 Å². The lowest BCUT2D eigenvalue weighted by Crippen LogP contribution is -2.46. The quantitative estimate of drug-likeness (QED) is 0.781. The van der Waals surface area contributed by atoms with Crippen LogP contribution in [0.5, 0.6) is 5.88 Å². The summed E-state index contributed by atoms with van der Waals surface area (Å²) in [7, 11) is 1.88. The van der Waals surface area contributed by atoms with Gasteiger partial charge >= 0.3 is 0 Å². The molecular weight excluding hydrogens is 318 g/mol. The molecule has 4 rings (SSSR count). The van der Waals surface area contributed by atoms with Crippen LogP contribution in [-0.4, -0.2) is 51.7 Å². The number of fused-ring (bicyclic) bond motifs is 1. The van der Waals surface area contributed by atoms with Crippen LogP contribution in [0, 0.1) is 0 Å². The van der Waals surface area contributed by atoms with E-state index in [1.165, 1.54) is 0 Å². The molecular formula is C18H21N5O2. The summed E-state index contributed by atoms with van der Waals surface area (Å²) in [6.07, 6.45) is 5.38. The number of aromatic nitrogens is 4. The smallest absolute Gasteiger partial charge is 0.223 e. The molecule has 1 N–H and O–H groups in total. The third-order valence-electron chi connectivity index (χ3n) is 4.34. The Balaban J connectivity index is 1.70. The second kappa shape index (κ2) is 6.78. The summed E-state index contributed by atoms with van der Waals surface area (Å²) in [5.41, 5.74) is 2.58. The number of hydrogen-bond donors (Lipinski definition) is 1. The Labute approximate surface area is 146 Å². The van der Waals surface area contributed by atoms with E-state index in [9.17, 15) is 0 Å². The number of nitrogens with one attached hydrogen (secondary N) is 1. The number of rotatable bonds is 4. The number of hydrogen-bond acceptors (Lipinski definition) is 6. The van der Waals surface area contributed by atoms with Crippen molar-refractivity contribution in [3.63, 3.8) is 0 Å². The van der Waals surface area contributed by atoms with Gasteiger partial charge in [0.15, 0.2) is 0 Å². The summed E-state index contributed by atoms with van der Waals surface area (Å²) in [5, 5.41) is 8.45. The van der Waals surface area contributed by atoms with Crippen molar-refractivity contribution in [2.75, 3.05) is 19.7 Å². The molecule has 7 nitrogen and oxygen atoms in total. The fourth-order valence-corrected chi connectivity index (χ4v) is 2.98. The largest absolute Gasteiger partial charge is 0.471 e. The average molecular weight is 339 g/mol. The number of pyridine rings is 2. The highest BCUT2D eigenvalue weighted by atomic mass is 16.5. The first-order valence-electron chi connectivity index (χ1n) is 8.44. The molecule has 0 amide bonds. The van der Waals surface area contributed by atoms with E-state index in [1.807, 2.05) is 38.4 Å². The van der Waals surface area contributed by atoms with Gasteiger partial charge in [0.1, 0.15) is 12.2 Å². The number of aryl methyl sites for hydroxylation is 1. The third kappa shape index (κ3) is 3.33. The van der Waals surface area contributed by atoms with Gasteiger partial charge < -0.3 is 14.8 Å². The predicted octanol–water partition coefficient (Wildman–Crippen LogP) is 1.79. The minimum atomic E-state index is -0.118. The molecule has 4 heterocycles. The number of ether oxygens (including phenoxy) is 2. The van der Waals surface area contributed by atoms with Crippen molar-refractivity contribution in [3.8, 4) is 17.1 Å². The molecule has 130 valence electrons. The molecule has 1 fully saturated rings. The second-order valence-corrected chi connectivity index (χ2v) is 6.22. The standard InChI is InChI=1S/C18H21N5O2/c1-12(17-10-19-6-7-24-17)25-18-14-4-3-5-20-16(14)8-15(22-18)13-9-21-23(2)11-13/h3-5,8-9,11-12,17,19H,6-7,10H2,1-2H3/t12-,17-/m0/s1. The minimum Gasteiger partial charge on any atom is -0.471 e. The van der Waals surface area contributed by atoms with Gasteiger partial charge in [-0.2, -0.15) is 5.10 Å². The highest BCUT2D eigenvalue weighted by Crippen LogP contribution is 2.29. The van der Waals surface area contributed by atoms with Gasteiger partial charge in [0, 0.05) is 38.1 Å². The van der Waals surface area contributed by atoms with Crippen molar-refractivity contribution in [2.24, 2.45) is 7.05 Å². The maximum atomic E-state index is 6.19. The lowest BCUT2D eigenvalue weighted by atomic mass is 10.1. The third-order valence-corrected chi connectivity index (χ3v) is 4.34. The van der Waals surface area contributed by atoms with Crippen LogP contribution in [-0.2, 0) is 11.8 Å². The molecule has 3 aromatic heterocycles. The zero-order chi connectivity index (χ0) is 17.2. The zero-order valence-electron chi connectivity index (χ0n) is 14.3. The highest BCUT2D eigenvalue weighted by Gasteiger charge is 2.23. The molecule has 0 unspecified atom stereocenters. The molecule has 0 saturated carbocycles. The zero-order valence-corrected chi connectivity index (χ0v) is 14.3. The van der Waals surface area contributed by atoms with Gasteiger partial charge in [0.2, 0.25) is 5.88 Å². The van der Waals surface area contributed by atoms with Gasteiger partial charge in [-0.3, -0.25) is 9.67 Å². The first-order valence-corrected chi connectivity index (χ1v) is 8.44. The Morgan fingerprint density at radius 2 is 2.36 bits per heavy atom. The average Bonchev–Trinajstić information content (AvgIpc) is 3.09. The summed E-state index contributed by atoms with van der Waals surface area (Å²) in [6, 6.07) is 5.83. The molecule has 0 bridgehead atoms. The molecule has 0 aliphatic carbocycles. The molecule has 7 heteroatoms. The number of nitrogens with zero attached hydrogens (tertiary/aromatic N) is 4. The first kappa shape index (κ1) is 16.0.